The molecule has 1 heterocycles. The van der Waals surface area contributed by atoms with E-state index < -0.39 is 0 Å². The number of carbonyl (C=O) groups excluding carboxylic acids is 1. The highest BCUT2D eigenvalue weighted by atomic mass is 35.5. The molecule has 0 atom stereocenters. The number of rotatable bonds is 8. The molecule has 2 rings (SSSR count). The van der Waals surface area contributed by atoms with Gasteiger partial charge in [-0.25, -0.2) is 4.68 Å². The zero-order chi connectivity index (χ0) is 15.8. The molecule has 0 radical (unpaired) electrons. The van der Waals surface area contributed by atoms with E-state index in [1.807, 2.05) is 30.3 Å². The lowest BCUT2D eigenvalue weighted by Crippen LogP contribution is -2.32. The molecule has 0 aliphatic heterocycles. The number of amides is 1. The Morgan fingerprint density at radius 1 is 1.22 bits per heavy atom. The standard InChI is InChI=1S/C16H22N4O2.ClH/c1-3-9-17-10-11-18-16(21)15-14(22-2)12-20(19-15)13-7-5-4-6-8-13;/h4-8,12,17H,3,9-11H2,1-2H3,(H,18,21);1H. The molecule has 0 spiro atoms. The second-order valence-electron chi connectivity index (χ2n) is 4.83. The first-order valence-corrected chi connectivity index (χ1v) is 7.44. The fourth-order valence-electron chi connectivity index (χ4n) is 2.03. The van der Waals surface area contributed by atoms with Crippen LogP contribution in [0.3, 0.4) is 0 Å². The Labute approximate surface area is 142 Å². The van der Waals surface area contributed by atoms with Crippen LogP contribution in [0, 0.1) is 0 Å². The largest absolute Gasteiger partial charge is 0.493 e. The normalized spacial score (nSPS) is 10.0. The molecule has 126 valence electrons. The van der Waals surface area contributed by atoms with Crippen molar-refractivity contribution < 1.29 is 9.53 Å². The first-order valence-electron chi connectivity index (χ1n) is 7.44. The van der Waals surface area contributed by atoms with Gasteiger partial charge in [-0.15, -0.1) is 12.4 Å². The van der Waals surface area contributed by atoms with Gasteiger partial charge in [0.2, 0.25) is 0 Å². The highest BCUT2D eigenvalue weighted by molar-refractivity contribution is 5.94. The highest BCUT2D eigenvalue weighted by Crippen LogP contribution is 2.19. The number of hydrogen-bond donors (Lipinski definition) is 2. The SMILES string of the molecule is CCCNCCNC(=O)c1nn(-c2ccccc2)cc1OC.Cl. The average Bonchev–Trinajstić information content (AvgIpc) is 3.00. The van der Waals surface area contributed by atoms with E-state index in [0.29, 0.717) is 18.0 Å². The van der Waals surface area contributed by atoms with E-state index in [2.05, 4.69) is 22.7 Å². The maximum absolute atomic E-state index is 12.2. The van der Waals surface area contributed by atoms with E-state index in [1.165, 1.54) is 7.11 Å². The number of para-hydroxylation sites is 1. The molecule has 0 aliphatic carbocycles. The lowest BCUT2D eigenvalue weighted by Gasteiger charge is -2.05. The van der Waals surface area contributed by atoms with Gasteiger partial charge >= 0.3 is 0 Å². The Balaban J connectivity index is 0.00000264. The van der Waals surface area contributed by atoms with Gasteiger partial charge in [-0.2, -0.15) is 5.10 Å². The Morgan fingerprint density at radius 3 is 2.61 bits per heavy atom. The second kappa shape index (κ2) is 9.86. The van der Waals surface area contributed by atoms with Gasteiger partial charge in [0.15, 0.2) is 11.4 Å². The van der Waals surface area contributed by atoms with Crippen LogP contribution in [0.2, 0.25) is 0 Å². The van der Waals surface area contributed by atoms with Gasteiger partial charge in [-0.1, -0.05) is 25.1 Å². The molecular formula is C16H23ClN4O2. The van der Waals surface area contributed by atoms with E-state index in [9.17, 15) is 4.79 Å². The number of hydrogen-bond acceptors (Lipinski definition) is 4. The van der Waals surface area contributed by atoms with Crippen LogP contribution in [-0.2, 0) is 0 Å². The number of carbonyl (C=O) groups is 1. The summed E-state index contributed by atoms with van der Waals surface area (Å²) in [6.45, 7) is 4.34. The fourth-order valence-corrected chi connectivity index (χ4v) is 2.03. The van der Waals surface area contributed by atoms with Crippen LogP contribution in [0.25, 0.3) is 5.69 Å². The molecule has 0 saturated heterocycles. The highest BCUT2D eigenvalue weighted by Gasteiger charge is 2.17. The number of methoxy groups -OCH3 is 1. The summed E-state index contributed by atoms with van der Waals surface area (Å²) in [5.41, 5.74) is 1.17. The summed E-state index contributed by atoms with van der Waals surface area (Å²) in [7, 11) is 1.53. The molecule has 0 bridgehead atoms. The van der Waals surface area contributed by atoms with Gasteiger partial charge in [-0.3, -0.25) is 4.79 Å². The summed E-state index contributed by atoms with van der Waals surface area (Å²) in [5.74, 6) is 0.229. The number of nitrogens with one attached hydrogen (secondary N) is 2. The summed E-state index contributed by atoms with van der Waals surface area (Å²) < 4.78 is 6.90. The summed E-state index contributed by atoms with van der Waals surface area (Å²) in [5, 5.41) is 10.4. The number of aromatic nitrogens is 2. The molecule has 2 N–H and O–H groups in total. The van der Waals surface area contributed by atoms with Gasteiger partial charge in [0.25, 0.3) is 5.91 Å². The lowest BCUT2D eigenvalue weighted by molar-refractivity contribution is 0.0945. The first kappa shape index (κ1) is 19.0. The maximum atomic E-state index is 12.2. The van der Waals surface area contributed by atoms with E-state index in [0.717, 1.165) is 25.2 Å². The van der Waals surface area contributed by atoms with Gasteiger partial charge in [0.05, 0.1) is 19.0 Å². The second-order valence-corrected chi connectivity index (χ2v) is 4.83. The minimum absolute atomic E-state index is 0. The van der Waals surface area contributed by atoms with Crippen molar-refractivity contribution in [1.82, 2.24) is 20.4 Å². The number of halogens is 1. The minimum Gasteiger partial charge on any atom is -0.493 e. The molecule has 6 nitrogen and oxygen atoms in total. The smallest absolute Gasteiger partial charge is 0.275 e. The molecule has 1 aromatic heterocycles. The van der Waals surface area contributed by atoms with E-state index in [1.54, 1.807) is 10.9 Å². The van der Waals surface area contributed by atoms with Gasteiger partial charge < -0.3 is 15.4 Å². The third-order valence-corrected chi connectivity index (χ3v) is 3.15. The number of benzene rings is 1. The van der Waals surface area contributed by atoms with E-state index in [4.69, 9.17) is 4.74 Å². The fraction of sp³-hybridized carbons (Fsp3) is 0.375. The maximum Gasteiger partial charge on any atom is 0.275 e. The van der Waals surface area contributed by atoms with Crippen molar-refractivity contribution in [2.75, 3.05) is 26.7 Å². The van der Waals surface area contributed by atoms with Crippen LogP contribution in [0.15, 0.2) is 36.5 Å². The van der Waals surface area contributed by atoms with E-state index in [-0.39, 0.29) is 18.3 Å². The third-order valence-electron chi connectivity index (χ3n) is 3.15. The summed E-state index contributed by atoms with van der Waals surface area (Å²) in [6, 6.07) is 9.61. The quantitative estimate of drug-likeness (QED) is 0.723. The Morgan fingerprint density at radius 2 is 1.96 bits per heavy atom. The lowest BCUT2D eigenvalue weighted by atomic mass is 10.3. The molecule has 0 aliphatic rings. The zero-order valence-corrected chi connectivity index (χ0v) is 14.2. The average molecular weight is 339 g/mol. The topological polar surface area (TPSA) is 68.2 Å². The van der Waals surface area contributed by atoms with Crippen LogP contribution in [0.4, 0.5) is 0 Å². The van der Waals surface area contributed by atoms with Crippen LogP contribution in [0.5, 0.6) is 5.75 Å². The predicted octanol–water partition coefficient (Wildman–Crippen LogP) is 2.03. The number of nitrogens with zero attached hydrogens (tertiary/aromatic N) is 2. The van der Waals surface area contributed by atoms with Crippen molar-refractivity contribution in [2.45, 2.75) is 13.3 Å². The molecule has 0 saturated carbocycles. The molecular weight excluding hydrogens is 316 g/mol. The molecule has 1 amide bonds. The predicted molar refractivity (Wildman–Crippen MR) is 92.9 cm³/mol. The molecule has 7 heteroatoms. The molecule has 1 aromatic carbocycles. The van der Waals surface area contributed by atoms with Gasteiger partial charge in [0.1, 0.15) is 0 Å². The Bertz CT molecular complexity index is 601. The van der Waals surface area contributed by atoms with Crippen LogP contribution in [0.1, 0.15) is 23.8 Å². The van der Waals surface area contributed by atoms with Crippen molar-refractivity contribution in [3.05, 3.63) is 42.2 Å². The van der Waals surface area contributed by atoms with E-state index >= 15 is 0 Å². The van der Waals surface area contributed by atoms with Crippen molar-refractivity contribution in [1.29, 1.82) is 0 Å². The van der Waals surface area contributed by atoms with Crippen molar-refractivity contribution in [3.8, 4) is 11.4 Å². The molecule has 2 aromatic rings. The zero-order valence-electron chi connectivity index (χ0n) is 13.4. The Kier molecular flexibility index (Phi) is 8.15. The summed E-state index contributed by atoms with van der Waals surface area (Å²) in [6.07, 6.45) is 2.78. The first-order chi connectivity index (χ1) is 10.8. The van der Waals surface area contributed by atoms with Crippen LogP contribution in [-0.4, -0.2) is 42.4 Å². The minimum atomic E-state index is -0.232. The number of ether oxygens (including phenoxy) is 1. The summed E-state index contributed by atoms with van der Waals surface area (Å²) >= 11 is 0. The summed E-state index contributed by atoms with van der Waals surface area (Å²) in [4.78, 5) is 12.2. The van der Waals surface area contributed by atoms with Crippen molar-refractivity contribution in [3.63, 3.8) is 0 Å². The van der Waals surface area contributed by atoms with Crippen molar-refractivity contribution >= 4 is 18.3 Å². The van der Waals surface area contributed by atoms with Crippen molar-refractivity contribution in [2.24, 2.45) is 0 Å². The third kappa shape index (κ3) is 5.26. The Hall–Kier alpha value is -2.05. The van der Waals surface area contributed by atoms with Crippen LogP contribution >= 0.6 is 12.4 Å². The monoisotopic (exact) mass is 338 g/mol. The van der Waals surface area contributed by atoms with Gasteiger partial charge in [-0.05, 0) is 25.1 Å². The molecule has 23 heavy (non-hydrogen) atoms. The van der Waals surface area contributed by atoms with Gasteiger partial charge in [0, 0.05) is 13.1 Å². The molecule has 0 fully saturated rings. The van der Waals surface area contributed by atoms with Crippen LogP contribution < -0.4 is 15.4 Å². The molecule has 0 unspecified atom stereocenters.